The molecule has 3 nitrogen and oxygen atoms in total. The van der Waals surface area contributed by atoms with Gasteiger partial charge in [-0.2, -0.15) is 0 Å². The number of benzene rings is 1. The Balaban J connectivity index is 1.39. The van der Waals surface area contributed by atoms with Gasteiger partial charge in [-0.15, -0.1) is 0 Å². The van der Waals surface area contributed by atoms with E-state index in [0.717, 1.165) is 37.9 Å². The molecule has 1 aromatic heterocycles. The molecule has 0 bridgehead atoms. The Morgan fingerprint density at radius 2 is 1.91 bits per heavy atom. The number of aryl methyl sites for hydroxylation is 1. The Labute approximate surface area is 195 Å². The summed E-state index contributed by atoms with van der Waals surface area (Å²) in [5, 5.41) is 0. The maximum Gasteiger partial charge on any atom is 0.126 e. The third-order valence-corrected chi connectivity index (χ3v) is 8.05. The number of hydrogen-bond donors (Lipinski definition) is 0. The summed E-state index contributed by atoms with van der Waals surface area (Å²) >= 11 is 0. The lowest BCUT2D eigenvalue weighted by Gasteiger charge is -2.36. The molecule has 164 valence electrons. The zero-order chi connectivity index (χ0) is 21.9. The first kappa shape index (κ1) is 19.2. The highest BCUT2D eigenvalue weighted by Gasteiger charge is 2.47. The van der Waals surface area contributed by atoms with Gasteiger partial charge in [0.1, 0.15) is 11.5 Å². The number of rotatable bonds is 2. The van der Waals surface area contributed by atoms with Crippen molar-refractivity contribution in [2.45, 2.75) is 51.0 Å². The van der Waals surface area contributed by atoms with Gasteiger partial charge in [0.2, 0.25) is 0 Å². The van der Waals surface area contributed by atoms with Crippen LogP contribution in [0.4, 0.5) is 5.69 Å². The third kappa shape index (κ3) is 2.84. The van der Waals surface area contributed by atoms with E-state index in [2.05, 4.69) is 77.5 Å². The van der Waals surface area contributed by atoms with Gasteiger partial charge >= 0.3 is 0 Å². The minimum absolute atomic E-state index is 0.299. The lowest BCUT2D eigenvalue weighted by molar-refractivity contribution is 0.291. The molecule has 5 aliphatic rings. The van der Waals surface area contributed by atoms with Gasteiger partial charge in [0.25, 0.3) is 0 Å². The second-order valence-electron chi connectivity index (χ2n) is 9.81. The van der Waals surface area contributed by atoms with E-state index < -0.39 is 0 Å². The summed E-state index contributed by atoms with van der Waals surface area (Å²) in [5.74, 6) is 3.23. The minimum atomic E-state index is 0.299. The molecule has 3 heteroatoms. The molecule has 2 aliphatic heterocycles. The second kappa shape index (κ2) is 7.34. The van der Waals surface area contributed by atoms with Gasteiger partial charge < -0.3 is 9.64 Å². The highest BCUT2D eigenvalue weighted by Crippen LogP contribution is 2.55. The van der Waals surface area contributed by atoms with Gasteiger partial charge in [0.05, 0.1) is 6.04 Å². The smallest absolute Gasteiger partial charge is 0.126 e. The van der Waals surface area contributed by atoms with Crippen LogP contribution in [0.15, 0.2) is 95.9 Å². The molecule has 2 aromatic rings. The molecule has 33 heavy (non-hydrogen) atoms. The van der Waals surface area contributed by atoms with E-state index in [-0.39, 0.29) is 0 Å². The van der Waals surface area contributed by atoms with Crippen LogP contribution >= 0.6 is 0 Å². The summed E-state index contributed by atoms with van der Waals surface area (Å²) < 4.78 is 6.43. The second-order valence-corrected chi connectivity index (χ2v) is 9.81. The number of para-hydroxylation sites is 1. The Bertz CT molecular complexity index is 1310. The fourth-order valence-corrected chi connectivity index (χ4v) is 6.53. The zero-order valence-electron chi connectivity index (χ0n) is 19.0. The van der Waals surface area contributed by atoms with Crippen LogP contribution in [0.1, 0.15) is 54.7 Å². The first-order valence-corrected chi connectivity index (χ1v) is 12.3. The van der Waals surface area contributed by atoms with Crippen molar-refractivity contribution in [2.24, 2.45) is 5.92 Å². The van der Waals surface area contributed by atoms with Gasteiger partial charge in [-0.05, 0) is 80.0 Å². The van der Waals surface area contributed by atoms with E-state index in [9.17, 15) is 0 Å². The Hall–Kier alpha value is -3.33. The van der Waals surface area contributed by atoms with E-state index in [0.29, 0.717) is 17.9 Å². The molecule has 0 N–H and O–H groups in total. The number of nitrogens with zero attached hydrogens (tertiary/aromatic N) is 2. The molecule has 0 amide bonds. The van der Waals surface area contributed by atoms with Crippen molar-refractivity contribution in [1.82, 2.24) is 4.98 Å². The lowest BCUT2D eigenvalue weighted by Crippen LogP contribution is -2.36. The van der Waals surface area contributed by atoms with Crippen LogP contribution in [0.2, 0.25) is 0 Å². The van der Waals surface area contributed by atoms with E-state index in [4.69, 9.17) is 4.74 Å². The van der Waals surface area contributed by atoms with Crippen molar-refractivity contribution in [3.63, 3.8) is 0 Å². The van der Waals surface area contributed by atoms with Crippen LogP contribution in [0.5, 0.6) is 0 Å². The molecule has 0 saturated heterocycles. The van der Waals surface area contributed by atoms with Crippen molar-refractivity contribution in [1.29, 1.82) is 0 Å². The molecular weight excluding hydrogens is 404 g/mol. The van der Waals surface area contributed by atoms with Crippen molar-refractivity contribution >= 4 is 11.3 Å². The molecule has 7 rings (SSSR count). The molecule has 3 heterocycles. The number of pyridine rings is 1. The number of allylic oxidation sites excluding steroid dienone is 7. The first-order chi connectivity index (χ1) is 16.3. The highest BCUT2D eigenvalue weighted by atomic mass is 16.5. The van der Waals surface area contributed by atoms with Crippen molar-refractivity contribution in [3.8, 4) is 0 Å². The number of fused-ring (bicyclic) bond motifs is 5. The Morgan fingerprint density at radius 1 is 1.03 bits per heavy atom. The topological polar surface area (TPSA) is 25.4 Å². The Morgan fingerprint density at radius 3 is 2.85 bits per heavy atom. The predicted molar refractivity (Wildman–Crippen MR) is 132 cm³/mol. The van der Waals surface area contributed by atoms with Crippen LogP contribution < -0.4 is 4.90 Å². The minimum Gasteiger partial charge on any atom is -0.461 e. The van der Waals surface area contributed by atoms with Crippen LogP contribution in [0.3, 0.4) is 0 Å². The molecule has 3 atom stereocenters. The molecule has 0 saturated carbocycles. The van der Waals surface area contributed by atoms with E-state index >= 15 is 0 Å². The fourth-order valence-electron chi connectivity index (χ4n) is 6.53. The third-order valence-electron chi connectivity index (χ3n) is 8.05. The summed E-state index contributed by atoms with van der Waals surface area (Å²) in [6.45, 7) is 2.19. The molecule has 3 unspecified atom stereocenters. The monoisotopic (exact) mass is 432 g/mol. The molecule has 0 fully saturated rings. The quantitative estimate of drug-likeness (QED) is 0.513. The predicted octanol–water partition coefficient (Wildman–Crippen LogP) is 6.96. The van der Waals surface area contributed by atoms with E-state index in [1.807, 2.05) is 12.4 Å². The standard InChI is InChI=1S/C30H28N2O/c1-19-14-15-31-18-25(19)21-9-3-6-12-27(21)32-26-11-5-2-8-20(26)23-16-24-22-10-4-7-13-29(22)33-30(24)17-28(23)32/h2-3,5,7-9,11,13-15,17-18,23-24,28H,4,6,10,12,16H2,1H3. The molecule has 0 radical (unpaired) electrons. The van der Waals surface area contributed by atoms with Crippen molar-refractivity contribution in [2.75, 3.05) is 4.90 Å². The Kier molecular flexibility index (Phi) is 4.27. The number of ether oxygens (including phenoxy) is 1. The largest absolute Gasteiger partial charge is 0.461 e. The van der Waals surface area contributed by atoms with Gasteiger partial charge in [-0.3, -0.25) is 4.98 Å². The van der Waals surface area contributed by atoms with Gasteiger partial charge in [0, 0.05) is 46.8 Å². The molecular formula is C30H28N2O. The molecule has 3 aliphatic carbocycles. The number of hydrogen-bond acceptors (Lipinski definition) is 3. The highest BCUT2D eigenvalue weighted by molar-refractivity contribution is 5.84. The van der Waals surface area contributed by atoms with Gasteiger partial charge in [0.15, 0.2) is 0 Å². The molecule has 1 aromatic carbocycles. The van der Waals surface area contributed by atoms with Crippen LogP contribution in [0, 0.1) is 12.8 Å². The SMILES string of the molecule is Cc1ccncc1C1=C(N2c3ccccc3C3CC4C(=CC32)OC2=C4CCC=C2)CCC=C1. The maximum absolute atomic E-state index is 6.43. The number of aromatic nitrogens is 1. The first-order valence-electron chi connectivity index (χ1n) is 12.3. The van der Waals surface area contributed by atoms with E-state index in [1.165, 1.54) is 45.0 Å². The lowest BCUT2D eigenvalue weighted by atomic mass is 9.76. The average Bonchev–Trinajstić information content (AvgIpc) is 3.38. The summed E-state index contributed by atoms with van der Waals surface area (Å²) in [7, 11) is 0. The zero-order valence-corrected chi connectivity index (χ0v) is 19.0. The van der Waals surface area contributed by atoms with Gasteiger partial charge in [-0.1, -0.05) is 36.4 Å². The van der Waals surface area contributed by atoms with Crippen LogP contribution in [-0.2, 0) is 4.74 Å². The normalized spacial score (nSPS) is 27.1. The summed E-state index contributed by atoms with van der Waals surface area (Å²) in [6, 6.07) is 11.5. The average molecular weight is 433 g/mol. The summed E-state index contributed by atoms with van der Waals surface area (Å²) in [4.78, 5) is 7.09. The van der Waals surface area contributed by atoms with Crippen molar-refractivity contribution < 1.29 is 4.74 Å². The maximum atomic E-state index is 6.43. The van der Waals surface area contributed by atoms with Gasteiger partial charge in [-0.25, -0.2) is 0 Å². The number of anilines is 1. The van der Waals surface area contributed by atoms with Crippen LogP contribution in [0.25, 0.3) is 5.57 Å². The fraction of sp³-hybridized carbons (Fsp3) is 0.300. The van der Waals surface area contributed by atoms with E-state index in [1.54, 1.807) is 0 Å². The summed E-state index contributed by atoms with van der Waals surface area (Å²) in [6.07, 6.45) is 21.0. The van der Waals surface area contributed by atoms with Crippen molar-refractivity contribution in [3.05, 3.63) is 113 Å². The van der Waals surface area contributed by atoms with Crippen LogP contribution in [-0.4, -0.2) is 11.0 Å². The molecule has 0 spiro atoms. The summed E-state index contributed by atoms with van der Waals surface area (Å²) in [5.41, 5.74) is 9.62.